The molecule has 0 saturated carbocycles. The minimum atomic E-state index is -0.0625. The number of hydrogen-bond donors (Lipinski definition) is 1. The van der Waals surface area contributed by atoms with E-state index in [1.807, 2.05) is 0 Å². The fraction of sp³-hybridized carbons (Fsp3) is 0.800. The SMILES string of the molecule is CNC(CS[S-])C(C)=O. The van der Waals surface area contributed by atoms with Crippen LogP contribution in [0.1, 0.15) is 6.92 Å². The van der Waals surface area contributed by atoms with Crippen LogP contribution in [0.4, 0.5) is 0 Å². The fourth-order valence-corrected chi connectivity index (χ4v) is 1.42. The molecule has 4 heteroatoms. The third-order valence-corrected chi connectivity index (χ3v) is 1.95. The van der Waals surface area contributed by atoms with Gasteiger partial charge in [0, 0.05) is 0 Å². The lowest BCUT2D eigenvalue weighted by atomic mass is 10.2. The molecule has 0 bridgehead atoms. The largest absolute Gasteiger partial charge is 0.719 e. The molecule has 9 heavy (non-hydrogen) atoms. The Morgan fingerprint density at radius 3 is 2.56 bits per heavy atom. The van der Waals surface area contributed by atoms with Gasteiger partial charge in [-0.05, 0) is 19.7 Å². The lowest BCUT2D eigenvalue weighted by Crippen LogP contribution is -2.34. The molecular formula is C5H10NOS2-. The Bertz CT molecular complexity index is 97.0. The molecule has 0 aromatic heterocycles. The maximum absolute atomic E-state index is 10.6. The summed E-state index contributed by atoms with van der Waals surface area (Å²) < 4.78 is 0. The minimum absolute atomic E-state index is 0.0625. The summed E-state index contributed by atoms with van der Waals surface area (Å²) in [5.41, 5.74) is 0. The second kappa shape index (κ2) is 5.14. The highest BCUT2D eigenvalue weighted by atomic mass is 33.1. The van der Waals surface area contributed by atoms with Crippen LogP contribution in [0, 0.1) is 0 Å². The average molecular weight is 164 g/mol. The highest BCUT2D eigenvalue weighted by Gasteiger charge is 2.06. The van der Waals surface area contributed by atoms with Crippen molar-refractivity contribution in [2.24, 2.45) is 0 Å². The van der Waals surface area contributed by atoms with E-state index >= 15 is 0 Å². The lowest BCUT2D eigenvalue weighted by molar-refractivity contribution is -0.118. The van der Waals surface area contributed by atoms with Gasteiger partial charge in [-0.1, -0.05) is 0 Å². The molecule has 54 valence electrons. The quantitative estimate of drug-likeness (QED) is 0.480. The zero-order valence-corrected chi connectivity index (χ0v) is 7.14. The Balaban J connectivity index is 3.54. The van der Waals surface area contributed by atoms with E-state index in [2.05, 4.69) is 17.0 Å². The van der Waals surface area contributed by atoms with Crippen LogP contribution in [-0.2, 0) is 16.5 Å². The summed E-state index contributed by atoms with van der Waals surface area (Å²) in [6.45, 7) is 1.56. The molecule has 0 radical (unpaired) electrons. The van der Waals surface area contributed by atoms with Crippen molar-refractivity contribution >= 4 is 28.2 Å². The number of carbonyl (C=O) groups excluding carboxylic acids is 1. The fourth-order valence-electron chi connectivity index (χ4n) is 0.472. The van der Waals surface area contributed by atoms with Gasteiger partial charge in [-0.3, -0.25) is 4.79 Å². The van der Waals surface area contributed by atoms with Crippen LogP contribution in [0.3, 0.4) is 0 Å². The molecular weight excluding hydrogens is 154 g/mol. The van der Waals surface area contributed by atoms with Gasteiger partial charge in [0.15, 0.2) is 0 Å². The van der Waals surface area contributed by atoms with E-state index in [9.17, 15) is 4.79 Å². The molecule has 0 aromatic rings. The summed E-state index contributed by atoms with van der Waals surface area (Å²) >= 11 is 4.64. The van der Waals surface area contributed by atoms with Gasteiger partial charge in [-0.15, -0.1) is 0 Å². The van der Waals surface area contributed by atoms with E-state index in [1.165, 1.54) is 10.8 Å². The second-order valence-corrected chi connectivity index (χ2v) is 3.01. The van der Waals surface area contributed by atoms with Crippen LogP contribution in [0.15, 0.2) is 0 Å². The number of likely N-dealkylation sites (N-methyl/N-ethyl adjacent to an activating group) is 1. The van der Waals surface area contributed by atoms with E-state index < -0.39 is 0 Å². The van der Waals surface area contributed by atoms with Gasteiger partial charge in [0.25, 0.3) is 0 Å². The summed E-state index contributed by atoms with van der Waals surface area (Å²) in [7, 11) is 3.02. The Morgan fingerprint density at radius 1 is 1.89 bits per heavy atom. The van der Waals surface area contributed by atoms with Gasteiger partial charge >= 0.3 is 0 Å². The highest BCUT2D eigenvalue weighted by Crippen LogP contribution is 1.98. The van der Waals surface area contributed by atoms with Crippen molar-refractivity contribution in [2.75, 3.05) is 12.8 Å². The lowest BCUT2D eigenvalue weighted by Gasteiger charge is -2.13. The van der Waals surface area contributed by atoms with Gasteiger partial charge < -0.3 is 27.8 Å². The van der Waals surface area contributed by atoms with E-state index in [1.54, 1.807) is 14.0 Å². The van der Waals surface area contributed by atoms with E-state index in [-0.39, 0.29) is 11.8 Å². The topological polar surface area (TPSA) is 29.1 Å². The molecule has 0 rings (SSSR count). The molecule has 1 atom stereocenters. The van der Waals surface area contributed by atoms with Crippen molar-refractivity contribution in [3.8, 4) is 0 Å². The zero-order valence-electron chi connectivity index (χ0n) is 5.51. The number of nitrogens with one attached hydrogen (secondary N) is 1. The van der Waals surface area contributed by atoms with Crippen LogP contribution in [0.2, 0.25) is 0 Å². The monoisotopic (exact) mass is 164 g/mol. The third-order valence-electron chi connectivity index (χ3n) is 1.07. The van der Waals surface area contributed by atoms with Crippen molar-refractivity contribution in [1.29, 1.82) is 0 Å². The molecule has 1 unspecified atom stereocenters. The molecule has 0 fully saturated rings. The number of ketones is 1. The normalized spacial score (nSPS) is 13.2. The molecule has 0 aliphatic rings. The first-order valence-corrected chi connectivity index (χ1v) is 4.56. The van der Waals surface area contributed by atoms with Gasteiger partial charge in [0.1, 0.15) is 5.78 Å². The van der Waals surface area contributed by atoms with Crippen LogP contribution in [0.25, 0.3) is 0 Å². The predicted octanol–water partition coefficient (Wildman–Crippen LogP) is 0.358. The molecule has 1 N–H and O–H groups in total. The Labute approximate surface area is 64.6 Å². The van der Waals surface area contributed by atoms with Crippen molar-refractivity contribution in [3.63, 3.8) is 0 Å². The highest BCUT2D eigenvalue weighted by molar-refractivity contribution is 8.59. The van der Waals surface area contributed by atoms with Gasteiger partial charge in [-0.2, -0.15) is 0 Å². The maximum atomic E-state index is 10.6. The first-order valence-electron chi connectivity index (χ1n) is 2.65. The molecule has 0 spiro atoms. The smallest absolute Gasteiger partial charge is 0.147 e. The Morgan fingerprint density at radius 2 is 2.44 bits per heavy atom. The summed E-state index contributed by atoms with van der Waals surface area (Å²) in [5.74, 6) is 0.830. The number of carbonyl (C=O) groups is 1. The summed E-state index contributed by atoms with van der Waals surface area (Å²) in [4.78, 5) is 10.6. The van der Waals surface area contributed by atoms with Gasteiger partial charge in [-0.25, -0.2) is 0 Å². The minimum Gasteiger partial charge on any atom is -0.719 e. The molecule has 0 saturated heterocycles. The molecule has 2 nitrogen and oxygen atoms in total. The molecule has 0 amide bonds. The zero-order chi connectivity index (χ0) is 7.28. The number of hydrogen-bond acceptors (Lipinski definition) is 4. The van der Waals surface area contributed by atoms with Gasteiger partial charge in [0.05, 0.1) is 6.04 Å². The molecule has 0 aliphatic heterocycles. The summed E-state index contributed by atoms with van der Waals surface area (Å²) in [5, 5.41) is 2.87. The molecule has 0 heterocycles. The standard InChI is InChI=1S/C5H11NOS2/c1-4(7)5(6-2)3-9-8/h5-6,8H,3H2,1-2H3/p-1. The average Bonchev–Trinajstić information content (AvgIpc) is 1.82. The maximum Gasteiger partial charge on any atom is 0.147 e. The summed E-state index contributed by atoms with van der Waals surface area (Å²) in [6, 6.07) is -0.0625. The van der Waals surface area contributed by atoms with E-state index in [0.29, 0.717) is 5.75 Å². The second-order valence-electron chi connectivity index (χ2n) is 1.74. The van der Waals surface area contributed by atoms with Crippen LogP contribution in [-0.4, -0.2) is 24.6 Å². The third kappa shape index (κ3) is 3.83. The van der Waals surface area contributed by atoms with Gasteiger partial charge in [0.2, 0.25) is 0 Å². The summed E-state index contributed by atoms with van der Waals surface area (Å²) in [6.07, 6.45) is 0. The molecule has 0 aromatic carbocycles. The van der Waals surface area contributed by atoms with Crippen LogP contribution < -0.4 is 5.32 Å². The Hall–Kier alpha value is 0.330. The number of rotatable bonds is 4. The van der Waals surface area contributed by atoms with Crippen molar-refractivity contribution < 1.29 is 4.79 Å². The van der Waals surface area contributed by atoms with Crippen molar-refractivity contribution in [3.05, 3.63) is 0 Å². The Kier molecular flexibility index (Phi) is 5.33. The van der Waals surface area contributed by atoms with E-state index in [0.717, 1.165) is 0 Å². The molecule has 0 aliphatic carbocycles. The van der Waals surface area contributed by atoms with Crippen molar-refractivity contribution in [2.45, 2.75) is 13.0 Å². The predicted molar refractivity (Wildman–Crippen MR) is 43.4 cm³/mol. The van der Waals surface area contributed by atoms with Crippen LogP contribution >= 0.6 is 10.8 Å². The van der Waals surface area contributed by atoms with Crippen LogP contribution in [0.5, 0.6) is 0 Å². The number of Topliss-reactive ketones (excluding diaryl/α,β-unsaturated/α-hetero) is 1. The first kappa shape index (κ1) is 9.33. The first-order chi connectivity index (χ1) is 4.22. The van der Waals surface area contributed by atoms with E-state index in [4.69, 9.17) is 0 Å². The van der Waals surface area contributed by atoms with Crippen molar-refractivity contribution in [1.82, 2.24) is 5.32 Å².